The SMILES string of the molecule is CN(Cc1c(F)cccc1Cl)C(=O)c1ccn(C)c(=O)c1. The van der Waals surface area contributed by atoms with Gasteiger partial charge in [-0.1, -0.05) is 17.7 Å². The van der Waals surface area contributed by atoms with E-state index in [0.717, 1.165) is 0 Å². The minimum atomic E-state index is -0.467. The van der Waals surface area contributed by atoms with Crippen LogP contribution in [0.2, 0.25) is 5.02 Å². The summed E-state index contributed by atoms with van der Waals surface area (Å²) in [6.07, 6.45) is 1.51. The number of halogens is 2. The summed E-state index contributed by atoms with van der Waals surface area (Å²) in [7, 11) is 3.13. The molecule has 2 aromatic rings. The molecule has 1 aromatic carbocycles. The van der Waals surface area contributed by atoms with E-state index in [-0.39, 0.29) is 34.2 Å². The van der Waals surface area contributed by atoms with Crippen molar-refractivity contribution in [3.05, 3.63) is 68.8 Å². The molecule has 2 rings (SSSR count). The maximum Gasteiger partial charge on any atom is 0.254 e. The maximum atomic E-state index is 13.7. The van der Waals surface area contributed by atoms with Gasteiger partial charge < -0.3 is 9.47 Å². The first kappa shape index (κ1) is 15.3. The first-order chi connectivity index (χ1) is 9.90. The van der Waals surface area contributed by atoms with Crippen molar-refractivity contribution in [2.24, 2.45) is 7.05 Å². The van der Waals surface area contributed by atoms with Crippen molar-refractivity contribution in [3.8, 4) is 0 Å². The zero-order valence-corrected chi connectivity index (χ0v) is 12.4. The highest BCUT2D eigenvalue weighted by molar-refractivity contribution is 6.31. The van der Waals surface area contributed by atoms with Crippen molar-refractivity contribution in [1.82, 2.24) is 9.47 Å². The van der Waals surface area contributed by atoms with Gasteiger partial charge in [-0.05, 0) is 18.2 Å². The van der Waals surface area contributed by atoms with Crippen LogP contribution < -0.4 is 5.56 Å². The van der Waals surface area contributed by atoms with Crippen molar-refractivity contribution >= 4 is 17.5 Å². The van der Waals surface area contributed by atoms with E-state index in [1.807, 2.05) is 0 Å². The molecule has 0 N–H and O–H groups in total. The van der Waals surface area contributed by atoms with Gasteiger partial charge in [0, 0.05) is 49.1 Å². The summed E-state index contributed by atoms with van der Waals surface area (Å²) < 4.78 is 15.1. The van der Waals surface area contributed by atoms with Gasteiger partial charge in [-0.15, -0.1) is 0 Å². The Bertz CT molecular complexity index is 722. The third kappa shape index (κ3) is 3.31. The molecule has 0 aliphatic rings. The highest BCUT2D eigenvalue weighted by Crippen LogP contribution is 2.20. The fourth-order valence-corrected chi connectivity index (χ4v) is 2.12. The van der Waals surface area contributed by atoms with Gasteiger partial charge in [-0.2, -0.15) is 0 Å². The first-order valence-corrected chi connectivity index (χ1v) is 6.63. The van der Waals surface area contributed by atoms with Crippen molar-refractivity contribution < 1.29 is 9.18 Å². The minimum absolute atomic E-state index is 0.0273. The number of rotatable bonds is 3. The second-order valence-corrected chi connectivity index (χ2v) is 5.13. The standard InChI is InChI=1S/C15H14ClFN2O2/c1-18-7-6-10(8-14(18)20)15(21)19(2)9-11-12(16)4-3-5-13(11)17/h3-8H,9H2,1-2H3. The Morgan fingerprint density at radius 3 is 2.71 bits per heavy atom. The molecule has 0 saturated heterocycles. The van der Waals surface area contributed by atoms with Crippen molar-refractivity contribution in [2.45, 2.75) is 6.54 Å². The van der Waals surface area contributed by atoms with E-state index in [1.165, 1.54) is 40.9 Å². The quantitative estimate of drug-likeness (QED) is 0.874. The third-order valence-corrected chi connectivity index (χ3v) is 3.51. The van der Waals surface area contributed by atoms with Gasteiger partial charge in [-0.3, -0.25) is 9.59 Å². The predicted molar refractivity (Wildman–Crippen MR) is 78.9 cm³/mol. The number of aryl methyl sites for hydroxylation is 1. The Morgan fingerprint density at radius 2 is 2.10 bits per heavy atom. The van der Waals surface area contributed by atoms with Crippen molar-refractivity contribution in [1.29, 1.82) is 0 Å². The van der Waals surface area contributed by atoms with Gasteiger partial charge >= 0.3 is 0 Å². The average molecular weight is 309 g/mol. The zero-order chi connectivity index (χ0) is 15.6. The molecule has 0 bridgehead atoms. The predicted octanol–water partition coefficient (Wildman–Crippen LogP) is 2.45. The molecule has 0 aliphatic carbocycles. The fraction of sp³-hybridized carbons (Fsp3) is 0.200. The van der Waals surface area contributed by atoms with Gasteiger partial charge in [0.1, 0.15) is 5.82 Å². The van der Waals surface area contributed by atoms with E-state index in [0.29, 0.717) is 0 Å². The van der Waals surface area contributed by atoms with Crippen molar-refractivity contribution in [2.75, 3.05) is 7.05 Å². The summed E-state index contributed by atoms with van der Waals surface area (Å²) in [5.41, 5.74) is 0.227. The van der Waals surface area contributed by atoms with E-state index >= 15 is 0 Å². The summed E-state index contributed by atoms with van der Waals surface area (Å²) in [6, 6.07) is 7.16. The average Bonchev–Trinajstić information content (AvgIpc) is 2.45. The van der Waals surface area contributed by atoms with Gasteiger partial charge in [0.25, 0.3) is 11.5 Å². The van der Waals surface area contributed by atoms with E-state index < -0.39 is 5.82 Å². The second kappa shape index (κ2) is 6.10. The Balaban J connectivity index is 2.23. The van der Waals surface area contributed by atoms with Crippen LogP contribution in [0.3, 0.4) is 0 Å². The molecule has 1 aromatic heterocycles. The largest absolute Gasteiger partial charge is 0.337 e. The molecule has 0 atom stereocenters. The Morgan fingerprint density at radius 1 is 1.38 bits per heavy atom. The van der Waals surface area contributed by atoms with Crippen LogP contribution >= 0.6 is 11.6 Å². The molecule has 1 amide bonds. The molecule has 1 heterocycles. The normalized spacial score (nSPS) is 10.5. The lowest BCUT2D eigenvalue weighted by atomic mass is 10.1. The molecule has 21 heavy (non-hydrogen) atoms. The Labute approximate surface area is 126 Å². The monoisotopic (exact) mass is 308 g/mol. The summed E-state index contributed by atoms with van der Waals surface area (Å²) in [4.78, 5) is 25.1. The fourth-order valence-electron chi connectivity index (χ4n) is 1.89. The topological polar surface area (TPSA) is 42.3 Å². The number of nitrogens with zero attached hydrogens (tertiary/aromatic N) is 2. The van der Waals surface area contributed by atoms with E-state index in [4.69, 9.17) is 11.6 Å². The van der Waals surface area contributed by atoms with E-state index in [9.17, 15) is 14.0 Å². The highest BCUT2D eigenvalue weighted by atomic mass is 35.5. The van der Waals surface area contributed by atoms with Crippen LogP contribution in [0.15, 0.2) is 41.3 Å². The lowest BCUT2D eigenvalue weighted by molar-refractivity contribution is 0.0783. The number of amides is 1. The Kier molecular flexibility index (Phi) is 4.43. The molecule has 0 radical (unpaired) electrons. The molecule has 110 valence electrons. The molecule has 0 fully saturated rings. The van der Waals surface area contributed by atoms with Crippen LogP contribution in [0.4, 0.5) is 4.39 Å². The number of aromatic nitrogens is 1. The van der Waals surface area contributed by atoms with Crippen LogP contribution in [0, 0.1) is 5.82 Å². The lowest BCUT2D eigenvalue weighted by Gasteiger charge is -2.18. The van der Waals surface area contributed by atoms with Crippen LogP contribution in [0.5, 0.6) is 0 Å². The molecule has 0 spiro atoms. The van der Waals surface area contributed by atoms with Gasteiger partial charge in [-0.25, -0.2) is 4.39 Å². The minimum Gasteiger partial charge on any atom is -0.337 e. The van der Waals surface area contributed by atoms with Crippen LogP contribution in [0.25, 0.3) is 0 Å². The summed E-state index contributed by atoms with van der Waals surface area (Å²) in [6.45, 7) is 0.0273. The molecule has 0 saturated carbocycles. The smallest absolute Gasteiger partial charge is 0.254 e. The summed E-state index contributed by atoms with van der Waals surface area (Å²) in [5.74, 6) is -0.835. The molecular weight excluding hydrogens is 295 g/mol. The van der Waals surface area contributed by atoms with Crippen LogP contribution in [0.1, 0.15) is 15.9 Å². The summed E-state index contributed by atoms with van der Waals surface area (Å²) >= 11 is 5.94. The second-order valence-electron chi connectivity index (χ2n) is 4.73. The van der Waals surface area contributed by atoms with Gasteiger partial charge in [0.2, 0.25) is 0 Å². The lowest BCUT2D eigenvalue weighted by Crippen LogP contribution is -2.28. The number of hydrogen-bond donors (Lipinski definition) is 0. The number of benzene rings is 1. The highest BCUT2D eigenvalue weighted by Gasteiger charge is 2.16. The molecule has 0 unspecified atom stereocenters. The first-order valence-electron chi connectivity index (χ1n) is 6.25. The molecule has 6 heteroatoms. The zero-order valence-electron chi connectivity index (χ0n) is 11.6. The van der Waals surface area contributed by atoms with E-state index in [1.54, 1.807) is 19.2 Å². The van der Waals surface area contributed by atoms with E-state index in [2.05, 4.69) is 0 Å². The van der Waals surface area contributed by atoms with Gasteiger partial charge in [0.05, 0.1) is 0 Å². The molecular formula is C15H14ClFN2O2. The summed E-state index contributed by atoms with van der Waals surface area (Å²) in [5, 5.41) is 0.263. The maximum absolute atomic E-state index is 13.7. The van der Waals surface area contributed by atoms with Crippen LogP contribution in [-0.4, -0.2) is 22.4 Å². The number of carbonyl (C=O) groups is 1. The number of pyridine rings is 1. The third-order valence-electron chi connectivity index (χ3n) is 3.15. The van der Waals surface area contributed by atoms with Crippen LogP contribution in [-0.2, 0) is 13.6 Å². The molecule has 0 aliphatic heterocycles. The Hall–Kier alpha value is -2.14. The number of hydrogen-bond acceptors (Lipinski definition) is 2. The number of carbonyl (C=O) groups excluding carboxylic acids is 1. The van der Waals surface area contributed by atoms with Gasteiger partial charge in [0.15, 0.2) is 0 Å². The molecule has 4 nitrogen and oxygen atoms in total. The van der Waals surface area contributed by atoms with Crippen molar-refractivity contribution in [3.63, 3.8) is 0 Å².